The minimum atomic E-state index is -3.96. The first-order valence-corrected chi connectivity index (χ1v) is 13.5. The summed E-state index contributed by atoms with van der Waals surface area (Å²) in [4.78, 5) is 16.6. The van der Waals surface area contributed by atoms with Gasteiger partial charge in [-0.3, -0.25) is 4.79 Å². The van der Waals surface area contributed by atoms with Gasteiger partial charge in [-0.2, -0.15) is 0 Å². The summed E-state index contributed by atoms with van der Waals surface area (Å²) >= 11 is 0. The number of aliphatic hydroxyl groups excluding tert-OH is 1. The Morgan fingerprint density at radius 2 is 1.91 bits per heavy atom. The Labute approximate surface area is 206 Å². The minimum absolute atomic E-state index is 0.0751. The summed E-state index contributed by atoms with van der Waals surface area (Å²) in [5, 5.41) is 21.9. The van der Waals surface area contributed by atoms with Crippen LogP contribution in [-0.2, 0) is 14.8 Å². The van der Waals surface area contributed by atoms with E-state index in [-0.39, 0.29) is 32.0 Å². The molecule has 0 saturated carbocycles. The van der Waals surface area contributed by atoms with Crippen molar-refractivity contribution in [2.24, 2.45) is 0 Å². The van der Waals surface area contributed by atoms with Crippen molar-refractivity contribution < 1.29 is 28.2 Å². The molecule has 1 aromatic carbocycles. The van der Waals surface area contributed by atoms with Crippen LogP contribution in [0.15, 0.2) is 36.4 Å². The Balaban J connectivity index is 1.46. The smallest absolute Gasteiger partial charge is 0.326 e. The number of nitrogens with one attached hydrogen (secondary N) is 1. The second kappa shape index (κ2) is 10.6. The highest BCUT2D eigenvalue weighted by Gasteiger charge is 2.54. The van der Waals surface area contributed by atoms with Crippen LogP contribution in [0, 0.1) is 6.92 Å². The van der Waals surface area contributed by atoms with E-state index in [9.17, 15) is 18.3 Å². The van der Waals surface area contributed by atoms with Crippen LogP contribution in [-0.4, -0.2) is 78.0 Å². The summed E-state index contributed by atoms with van der Waals surface area (Å²) in [7, 11) is -3.96. The van der Waals surface area contributed by atoms with E-state index in [0.29, 0.717) is 44.9 Å². The van der Waals surface area contributed by atoms with Crippen molar-refractivity contribution in [1.82, 2.24) is 14.6 Å². The van der Waals surface area contributed by atoms with Gasteiger partial charge in [-0.25, -0.2) is 17.7 Å². The predicted molar refractivity (Wildman–Crippen MR) is 132 cm³/mol. The lowest BCUT2D eigenvalue weighted by Gasteiger charge is -2.40. The average Bonchev–Trinajstić information content (AvgIpc) is 2.88. The van der Waals surface area contributed by atoms with Crippen LogP contribution in [0.2, 0.25) is 0 Å². The molecule has 0 atom stereocenters. The van der Waals surface area contributed by atoms with Crippen molar-refractivity contribution in [3.8, 4) is 17.1 Å². The summed E-state index contributed by atoms with van der Waals surface area (Å²) < 4.78 is 31.9. The standard InChI is InChI=1S/C25H33N3O6S/c1-18-17-20(5-6-21(18)22-3-2-4-23(27-22)34-16-15-29)19-7-13-28(14-8-19)35(32,33)25(24(30)31)9-11-26-12-10-25/h2-6,17,19,26,29H,7-16H2,1H3,(H,30,31). The van der Waals surface area contributed by atoms with Gasteiger partial charge in [0.05, 0.1) is 12.3 Å². The quantitative estimate of drug-likeness (QED) is 0.500. The molecular weight excluding hydrogens is 470 g/mol. The van der Waals surface area contributed by atoms with Gasteiger partial charge < -0.3 is 20.3 Å². The number of pyridine rings is 1. The number of aromatic nitrogens is 1. The zero-order valence-electron chi connectivity index (χ0n) is 19.9. The van der Waals surface area contributed by atoms with Crippen LogP contribution in [0.25, 0.3) is 11.3 Å². The van der Waals surface area contributed by atoms with Crippen molar-refractivity contribution in [2.45, 2.75) is 43.3 Å². The molecule has 0 aliphatic carbocycles. The highest BCUT2D eigenvalue weighted by atomic mass is 32.2. The molecule has 0 spiro atoms. The summed E-state index contributed by atoms with van der Waals surface area (Å²) in [5.41, 5.74) is 3.97. The molecule has 2 aromatic rings. The maximum Gasteiger partial charge on any atom is 0.326 e. The molecule has 0 amide bonds. The number of nitrogens with zero attached hydrogens (tertiary/aromatic N) is 2. The Morgan fingerprint density at radius 1 is 1.20 bits per heavy atom. The molecule has 9 nitrogen and oxygen atoms in total. The highest BCUT2D eigenvalue weighted by Crippen LogP contribution is 2.37. The Morgan fingerprint density at radius 3 is 2.54 bits per heavy atom. The van der Waals surface area contributed by atoms with Gasteiger partial charge in [-0.1, -0.05) is 24.3 Å². The van der Waals surface area contributed by atoms with Gasteiger partial charge in [0.2, 0.25) is 15.9 Å². The molecule has 3 N–H and O–H groups in total. The van der Waals surface area contributed by atoms with E-state index in [4.69, 9.17) is 9.84 Å². The average molecular weight is 504 g/mol. The lowest BCUT2D eigenvalue weighted by Crippen LogP contribution is -2.59. The second-order valence-corrected chi connectivity index (χ2v) is 11.5. The van der Waals surface area contributed by atoms with Gasteiger partial charge in [-0.15, -0.1) is 0 Å². The number of hydrogen-bond donors (Lipinski definition) is 3. The summed E-state index contributed by atoms with van der Waals surface area (Å²) in [6.07, 6.45) is 1.47. The molecule has 35 heavy (non-hydrogen) atoms. The van der Waals surface area contributed by atoms with Gasteiger partial charge in [0, 0.05) is 24.7 Å². The highest BCUT2D eigenvalue weighted by molar-refractivity contribution is 7.91. The molecule has 4 rings (SSSR count). The van der Waals surface area contributed by atoms with Crippen molar-refractivity contribution in [3.05, 3.63) is 47.5 Å². The van der Waals surface area contributed by atoms with Crippen LogP contribution in [0.1, 0.15) is 42.7 Å². The molecule has 0 radical (unpaired) electrons. The molecule has 190 valence electrons. The third-order valence-corrected chi connectivity index (χ3v) is 9.77. The Hall–Kier alpha value is -2.53. The number of ether oxygens (including phenoxy) is 1. The second-order valence-electron chi connectivity index (χ2n) is 9.24. The van der Waals surface area contributed by atoms with E-state index in [1.54, 1.807) is 6.07 Å². The molecule has 0 unspecified atom stereocenters. The number of aliphatic carboxylic acids is 1. The van der Waals surface area contributed by atoms with E-state index in [1.807, 2.05) is 25.1 Å². The number of hydrogen-bond acceptors (Lipinski definition) is 7. The van der Waals surface area contributed by atoms with Crippen molar-refractivity contribution in [3.63, 3.8) is 0 Å². The monoisotopic (exact) mass is 503 g/mol. The van der Waals surface area contributed by atoms with Crippen LogP contribution in [0.4, 0.5) is 0 Å². The number of carbonyl (C=O) groups is 1. The number of carboxylic acids is 1. The normalized spacial score (nSPS) is 19.4. The third kappa shape index (κ3) is 5.06. The fourth-order valence-corrected chi connectivity index (χ4v) is 7.24. The summed E-state index contributed by atoms with van der Waals surface area (Å²) in [6.45, 7) is 3.55. The minimum Gasteiger partial charge on any atom is -0.480 e. The Kier molecular flexibility index (Phi) is 7.75. The van der Waals surface area contributed by atoms with E-state index < -0.39 is 20.7 Å². The van der Waals surface area contributed by atoms with Crippen LogP contribution >= 0.6 is 0 Å². The molecule has 10 heteroatoms. The molecular formula is C25H33N3O6S. The van der Waals surface area contributed by atoms with Crippen LogP contribution in [0.5, 0.6) is 5.88 Å². The molecule has 2 aliphatic heterocycles. The van der Waals surface area contributed by atoms with Gasteiger partial charge in [0.15, 0.2) is 4.75 Å². The van der Waals surface area contributed by atoms with E-state index >= 15 is 0 Å². The first-order chi connectivity index (χ1) is 16.8. The van der Waals surface area contributed by atoms with Crippen molar-refractivity contribution >= 4 is 16.0 Å². The molecule has 3 heterocycles. The number of aryl methyl sites for hydroxylation is 1. The fourth-order valence-electron chi connectivity index (χ4n) is 5.11. The zero-order valence-corrected chi connectivity index (χ0v) is 20.8. The van der Waals surface area contributed by atoms with E-state index in [2.05, 4.69) is 22.4 Å². The molecule has 0 bridgehead atoms. The number of carboxylic acid groups (broad SMARTS) is 1. The van der Waals surface area contributed by atoms with Gasteiger partial charge in [-0.05, 0) is 68.8 Å². The lowest BCUT2D eigenvalue weighted by molar-refractivity contribution is -0.141. The molecule has 2 saturated heterocycles. The topological polar surface area (TPSA) is 129 Å². The Bertz CT molecular complexity index is 1160. The number of rotatable bonds is 8. The largest absolute Gasteiger partial charge is 0.480 e. The SMILES string of the molecule is Cc1cc(C2CCN(S(=O)(=O)C3(C(=O)O)CCNCC3)CC2)ccc1-c1cccc(OCCO)n1. The molecule has 2 aliphatic rings. The number of benzene rings is 1. The number of aliphatic hydroxyl groups is 1. The van der Waals surface area contributed by atoms with E-state index in [1.165, 1.54) is 4.31 Å². The van der Waals surface area contributed by atoms with Crippen LogP contribution < -0.4 is 10.1 Å². The van der Waals surface area contributed by atoms with Crippen molar-refractivity contribution in [1.29, 1.82) is 0 Å². The van der Waals surface area contributed by atoms with Crippen molar-refractivity contribution in [2.75, 3.05) is 39.4 Å². The summed E-state index contributed by atoms with van der Waals surface area (Å²) in [5.74, 6) is -0.580. The third-order valence-electron chi connectivity index (χ3n) is 7.15. The first kappa shape index (κ1) is 25.6. The van der Waals surface area contributed by atoms with Gasteiger partial charge in [0.25, 0.3) is 0 Å². The van der Waals surface area contributed by atoms with Gasteiger partial charge >= 0.3 is 5.97 Å². The zero-order chi connectivity index (χ0) is 25.1. The first-order valence-electron chi connectivity index (χ1n) is 12.0. The lowest BCUT2D eigenvalue weighted by atomic mass is 9.88. The maximum atomic E-state index is 13.4. The number of sulfonamides is 1. The van der Waals surface area contributed by atoms with E-state index in [0.717, 1.165) is 22.4 Å². The molecule has 1 aromatic heterocycles. The van der Waals surface area contributed by atoms with Crippen LogP contribution in [0.3, 0.4) is 0 Å². The molecule has 2 fully saturated rings. The maximum absolute atomic E-state index is 13.4. The summed E-state index contributed by atoms with van der Waals surface area (Å²) in [6, 6.07) is 11.7. The predicted octanol–water partition coefficient (Wildman–Crippen LogP) is 2.14. The number of piperidine rings is 2. The van der Waals surface area contributed by atoms with Gasteiger partial charge in [0.1, 0.15) is 6.61 Å². The fraction of sp³-hybridized carbons (Fsp3) is 0.520.